The normalized spacial score (nSPS) is 11.0. The number of amides is 1. The second-order valence-electron chi connectivity index (χ2n) is 4.06. The van der Waals surface area contributed by atoms with Crippen molar-refractivity contribution in [2.75, 3.05) is 5.32 Å². The number of fused-ring (bicyclic) bond motifs is 1. The maximum Gasteiger partial charge on any atom is 0.231 e. The Morgan fingerprint density at radius 3 is 2.88 bits per heavy atom. The van der Waals surface area contributed by atoms with Crippen molar-refractivity contribution in [3.05, 3.63) is 18.0 Å². The highest BCUT2D eigenvalue weighted by molar-refractivity contribution is 5.87. The van der Waals surface area contributed by atoms with Gasteiger partial charge >= 0.3 is 0 Å². The number of carbonyl (C=O) groups is 1. The van der Waals surface area contributed by atoms with E-state index in [0.29, 0.717) is 11.9 Å². The molecule has 5 nitrogen and oxygen atoms in total. The van der Waals surface area contributed by atoms with Crippen LogP contribution in [-0.4, -0.2) is 20.9 Å². The van der Waals surface area contributed by atoms with E-state index in [4.69, 9.17) is 0 Å². The minimum atomic E-state index is -0.171. The fraction of sp³-hybridized carbons (Fsp3) is 0.364. The Balaban J connectivity index is 2.41. The summed E-state index contributed by atoms with van der Waals surface area (Å²) in [6.45, 7) is 5.64. The lowest BCUT2D eigenvalue weighted by molar-refractivity contribution is -0.114. The molecule has 2 aromatic rings. The third-order valence-corrected chi connectivity index (χ3v) is 2.30. The van der Waals surface area contributed by atoms with Crippen molar-refractivity contribution in [3.8, 4) is 0 Å². The van der Waals surface area contributed by atoms with Gasteiger partial charge in [-0.15, -0.1) is 0 Å². The maximum atomic E-state index is 10.9. The molecule has 2 heterocycles. The molecule has 0 spiro atoms. The predicted octanol–water partition coefficient (Wildman–Crippen LogP) is 2.04. The fourth-order valence-electron chi connectivity index (χ4n) is 1.47. The number of anilines is 1. The molecule has 84 valence electrons. The zero-order chi connectivity index (χ0) is 11.7. The standard InChI is InChI=1S/C11H14N4O/c1-6(2)9-4-8-5-12-11(13-7(3)16)15-10(8)14-9/h4-6H,1-3H3,(H2,12,13,14,15,16). The first-order chi connectivity index (χ1) is 7.56. The molecule has 0 aliphatic rings. The topological polar surface area (TPSA) is 70.7 Å². The van der Waals surface area contributed by atoms with Crippen LogP contribution < -0.4 is 5.32 Å². The molecule has 0 aliphatic carbocycles. The third-order valence-electron chi connectivity index (χ3n) is 2.30. The van der Waals surface area contributed by atoms with E-state index in [9.17, 15) is 4.79 Å². The van der Waals surface area contributed by atoms with Crippen LogP contribution in [0.25, 0.3) is 11.0 Å². The van der Waals surface area contributed by atoms with Gasteiger partial charge in [-0.3, -0.25) is 10.1 Å². The fourth-order valence-corrected chi connectivity index (χ4v) is 1.47. The quantitative estimate of drug-likeness (QED) is 0.810. The Hall–Kier alpha value is -1.91. The van der Waals surface area contributed by atoms with E-state index in [1.807, 2.05) is 6.07 Å². The smallest absolute Gasteiger partial charge is 0.231 e. The Kier molecular flexibility index (Phi) is 2.60. The number of hydrogen-bond acceptors (Lipinski definition) is 3. The van der Waals surface area contributed by atoms with Gasteiger partial charge < -0.3 is 4.98 Å². The van der Waals surface area contributed by atoms with E-state index >= 15 is 0 Å². The zero-order valence-electron chi connectivity index (χ0n) is 9.53. The largest absolute Gasteiger partial charge is 0.343 e. The van der Waals surface area contributed by atoms with Crippen LogP contribution in [0.3, 0.4) is 0 Å². The van der Waals surface area contributed by atoms with Crippen LogP contribution in [-0.2, 0) is 4.79 Å². The molecule has 0 fully saturated rings. The first-order valence-corrected chi connectivity index (χ1v) is 5.19. The van der Waals surface area contributed by atoms with Gasteiger partial charge in [-0.2, -0.15) is 4.98 Å². The van der Waals surface area contributed by atoms with E-state index in [1.165, 1.54) is 6.92 Å². The van der Waals surface area contributed by atoms with Crippen LogP contribution in [0.1, 0.15) is 32.4 Å². The van der Waals surface area contributed by atoms with Crippen LogP contribution in [0.15, 0.2) is 12.3 Å². The average molecular weight is 218 g/mol. The van der Waals surface area contributed by atoms with Gasteiger partial charge in [0.15, 0.2) is 0 Å². The van der Waals surface area contributed by atoms with Crippen LogP contribution in [0.4, 0.5) is 5.95 Å². The number of nitrogens with one attached hydrogen (secondary N) is 2. The van der Waals surface area contributed by atoms with Crippen molar-refractivity contribution in [1.82, 2.24) is 15.0 Å². The summed E-state index contributed by atoms with van der Waals surface area (Å²) in [5.41, 5.74) is 1.87. The van der Waals surface area contributed by atoms with Gasteiger partial charge in [-0.05, 0) is 12.0 Å². The Morgan fingerprint density at radius 2 is 2.25 bits per heavy atom. The summed E-state index contributed by atoms with van der Waals surface area (Å²) in [6.07, 6.45) is 1.70. The molecule has 0 aromatic carbocycles. The van der Waals surface area contributed by atoms with Gasteiger partial charge in [-0.25, -0.2) is 4.98 Å². The Bertz CT molecular complexity index is 530. The van der Waals surface area contributed by atoms with Gasteiger partial charge in [0, 0.05) is 24.2 Å². The summed E-state index contributed by atoms with van der Waals surface area (Å²) < 4.78 is 0. The molecular weight excluding hydrogens is 204 g/mol. The van der Waals surface area contributed by atoms with Crippen molar-refractivity contribution in [3.63, 3.8) is 0 Å². The van der Waals surface area contributed by atoms with E-state index < -0.39 is 0 Å². The van der Waals surface area contributed by atoms with Crippen LogP contribution in [0, 0.1) is 0 Å². The molecule has 1 amide bonds. The molecule has 0 aliphatic heterocycles. The number of hydrogen-bond donors (Lipinski definition) is 2. The summed E-state index contributed by atoms with van der Waals surface area (Å²) in [6, 6.07) is 2.03. The summed E-state index contributed by atoms with van der Waals surface area (Å²) in [5, 5.41) is 3.51. The zero-order valence-corrected chi connectivity index (χ0v) is 9.53. The lowest BCUT2D eigenvalue weighted by Crippen LogP contribution is -2.08. The van der Waals surface area contributed by atoms with Crippen molar-refractivity contribution in [2.24, 2.45) is 0 Å². The van der Waals surface area contributed by atoms with Crippen molar-refractivity contribution in [1.29, 1.82) is 0 Å². The third kappa shape index (κ3) is 2.03. The molecule has 2 N–H and O–H groups in total. The maximum absolute atomic E-state index is 10.9. The van der Waals surface area contributed by atoms with Gasteiger partial charge in [-0.1, -0.05) is 13.8 Å². The highest BCUT2D eigenvalue weighted by Gasteiger charge is 2.07. The molecule has 2 rings (SSSR count). The van der Waals surface area contributed by atoms with Crippen LogP contribution >= 0.6 is 0 Å². The lowest BCUT2D eigenvalue weighted by Gasteiger charge is -1.99. The number of nitrogens with zero attached hydrogens (tertiary/aromatic N) is 2. The second kappa shape index (κ2) is 3.92. The van der Waals surface area contributed by atoms with Crippen molar-refractivity contribution >= 4 is 22.9 Å². The molecule has 0 unspecified atom stereocenters. The molecule has 0 saturated carbocycles. The number of aromatic nitrogens is 3. The van der Waals surface area contributed by atoms with Crippen molar-refractivity contribution < 1.29 is 4.79 Å². The highest BCUT2D eigenvalue weighted by Crippen LogP contribution is 2.19. The summed E-state index contributed by atoms with van der Waals surface area (Å²) >= 11 is 0. The molecule has 5 heteroatoms. The molecule has 16 heavy (non-hydrogen) atoms. The first kappa shape index (κ1) is 10.6. The van der Waals surface area contributed by atoms with Gasteiger partial charge in [0.25, 0.3) is 0 Å². The van der Waals surface area contributed by atoms with Gasteiger partial charge in [0.1, 0.15) is 5.65 Å². The SMILES string of the molecule is CC(=O)Nc1ncc2cc(C(C)C)[nH]c2n1. The summed E-state index contributed by atoms with van der Waals surface area (Å²) in [5.74, 6) is 0.575. The highest BCUT2D eigenvalue weighted by atomic mass is 16.1. The number of carbonyl (C=O) groups excluding carboxylic acids is 1. The van der Waals surface area contributed by atoms with Crippen LogP contribution in [0.5, 0.6) is 0 Å². The van der Waals surface area contributed by atoms with Crippen molar-refractivity contribution in [2.45, 2.75) is 26.7 Å². The van der Waals surface area contributed by atoms with E-state index in [-0.39, 0.29) is 5.91 Å². The first-order valence-electron chi connectivity index (χ1n) is 5.19. The number of H-pyrrole nitrogens is 1. The minimum absolute atomic E-state index is 0.171. The number of aromatic amines is 1. The monoisotopic (exact) mass is 218 g/mol. The summed E-state index contributed by atoms with van der Waals surface area (Å²) in [4.78, 5) is 22.3. The van der Waals surface area contributed by atoms with Crippen LogP contribution in [0.2, 0.25) is 0 Å². The minimum Gasteiger partial charge on any atom is -0.343 e. The Morgan fingerprint density at radius 1 is 1.50 bits per heavy atom. The molecule has 0 atom stereocenters. The lowest BCUT2D eigenvalue weighted by atomic mass is 10.1. The second-order valence-corrected chi connectivity index (χ2v) is 4.06. The molecule has 0 bridgehead atoms. The van der Waals surface area contributed by atoms with Gasteiger partial charge in [0.05, 0.1) is 0 Å². The Labute approximate surface area is 93.3 Å². The van der Waals surface area contributed by atoms with E-state index in [0.717, 1.165) is 16.7 Å². The summed E-state index contributed by atoms with van der Waals surface area (Å²) in [7, 11) is 0. The molecule has 2 aromatic heterocycles. The molecule has 0 saturated heterocycles. The predicted molar refractivity (Wildman–Crippen MR) is 62.3 cm³/mol. The molecule has 0 radical (unpaired) electrons. The van der Waals surface area contributed by atoms with E-state index in [1.54, 1.807) is 6.20 Å². The van der Waals surface area contributed by atoms with E-state index in [2.05, 4.69) is 34.1 Å². The van der Waals surface area contributed by atoms with Gasteiger partial charge in [0.2, 0.25) is 11.9 Å². The molecular formula is C11H14N4O. The average Bonchev–Trinajstić information content (AvgIpc) is 2.59. The number of rotatable bonds is 2.